The number of carbonyl (C=O) groups excluding carboxylic acids is 1. The van der Waals surface area contributed by atoms with Gasteiger partial charge in [0, 0.05) is 16.9 Å². The predicted molar refractivity (Wildman–Crippen MR) is 88.7 cm³/mol. The first kappa shape index (κ1) is 15.7. The number of amides is 1. The SMILES string of the molecule is C[C@H](NC(=O)CC(N)c1ccccc1)c1cccc(Br)c1. The third-order valence-electron chi connectivity index (χ3n) is 3.36. The van der Waals surface area contributed by atoms with Gasteiger partial charge in [-0.05, 0) is 30.2 Å². The van der Waals surface area contributed by atoms with E-state index >= 15 is 0 Å². The molecule has 2 atom stereocenters. The van der Waals surface area contributed by atoms with Crippen LogP contribution in [0.2, 0.25) is 0 Å². The second-order valence-corrected chi connectivity index (χ2v) is 5.98. The van der Waals surface area contributed by atoms with Crippen LogP contribution in [0.25, 0.3) is 0 Å². The molecule has 0 aromatic heterocycles. The Morgan fingerprint density at radius 1 is 1.14 bits per heavy atom. The first-order chi connectivity index (χ1) is 10.1. The second kappa shape index (κ2) is 7.38. The van der Waals surface area contributed by atoms with E-state index in [1.54, 1.807) is 0 Å². The highest BCUT2D eigenvalue weighted by atomic mass is 79.9. The number of hydrogen-bond donors (Lipinski definition) is 2. The molecular weight excluding hydrogens is 328 g/mol. The van der Waals surface area contributed by atoms with E-state index in [4.69, 9.17) is 5.73 Å². The highest BCUT2D eigenvalue weighted by Gasteiger charge is 2.14. The van der Waals surface area contributed by atoms with E-state index in [1.807, 2.05) is 61.5 Å². The Bertz CT molecular complexity index is 601. The van der Waals surface area contributed by atoms with Crippen molar-refractivity contribution in [2.24, 2.45) is 5.73 Å². The maximum Gasteiger partial charge on any atom is 0.222 e. The molecule has 0 aliphatic carbocycles. The lowest BCUT2D eigenvalue weighted by atomic mass is 10.0. The Morgan fingerprint density at radius 2 is 1.81 bits per heavy atom. The zero-order valence-electron chi connectivity index (χ0n) is 11.9. The summed E-state index contributed by atoms with van der Waals surface area (Å²) in [7, 11) is 0. The Morgan fingerprint density at radius 3 is 2.48 bits per heavy atom. The van der Waals surface area contributed by atoms with Crippen LogP contribution in [0, 0.1) is 0 Å². The summed E-state index contributed by atoms with van der Waals surface area (Å²) in [6.45, 7) is 1.97. The molecule has 4 heteroatoms. The summed E-state index contributed by atoms with van der Waals surface area (Å²) in [5.41, 5.74) is 8.10. The molecule has 0 aliphatic heterocycles. The van der Waals surface area contributed by atoms with Gasteiger partial charge >= 0.3 is 0 Å². The van der Waals surface area contributed by atoms with Crippen LogP contribution in [0.1, 0.15) is 36.6 Å². The molecule has 2 aromatic rings. The summed E-state index contributed by atoms with van der Waals surface area (Å²) in [5.74, 6) is -0.0428. The van der Waals surface area contributed by atoms with Crippen LogP contribution in [0.5, 0.6) is 0 Å². The zero-order chi connectivity index (χ0) is 15.2. The topological polar surface area (TPSA) is 55.1 Å². The van der Waals surface area contributed by atoms with Gasteiger partial charge in [0.1, 0.15) is 0 Å². The molecule has 2 rings (SSSR count). The predicted octanol–water partition coefficient (Wildman–Crippen LogP) is 3.72. The van der Waals surface area contributed by atoms with Crippen molar-refractivity contribution in [3.8, 4) is 0 Å². The average molecular weight is 347 g/mol. The highest BCUT2D eigenvalue weighted by molar-refractivity contribution is 9.10. The minimum absolute atomic E-state index is 0.0428. The fourth-order valence-electron chi connectivity index (χ4n) is 2.18. The highest BCUT2D eigenvalue weighted by Crippen LogP contribution is 2.19. The largest absolute Gasteiger partial charge is 0.350 e. The van der Waals surface area contributed by atoms with Gasteiger partial charge in [-0.25, -0.2) is 0 Å². The maximum atomic E-state index is 12.1. The first-order valence-corrected chi connectivity index (χ1v) is 7.71. The molecule has 1 amide bonds. The maximum absolute atomic E-state index is 12.1. The number of carbonyl (C=O) groups is 1. The standard InChI is InChI=1S/C17H19BrN2O/c1-12(14-8-5-9-15(18)10-14)20-17(21)11-16(19)13-6-3-2-4-7-13/h2-10,12,16H,11,19H2,1H3,(H,20,21)/t12-,16?/m0/s1. The summed E-state index contributed by atoms with van der Waals surface area (Å²) >= 11 is 3.43. The second-order valence-electron chi connectivity index (χ2n) is 5.07. The number of halogens is 1. The van der Waals surface area contributed by atoms with Gasteiger partial charge in [0.05, 0.1) is 6.04 Å². The summed E-state index contributed by atoms with van der Waals surface area (Å²) in [6.07, 6.45) is 0.280. The van der Waals surface area contributed by atoms with E-state index in [0.717, 1.165) is 15.6 Å². The van der Waals surface area contributed by atoms with Gasteiger partial charge < -0.3 is 11.1 Å². The van der Waals surface area contributed by atoms with Crippen molar-refractivity contribution in [1.82, 2.24) is 5.32 Å². The van der Waals surface area contributed by atoms with Crippen molar-refractivity contribution < 1.29 is 4.79 Å². The molecule has 0 aliphatic rings. The molecule has 0 fully saturated rings. The lowest BCUT2D eigenvalue weighted by Crippen LogP contribution is -2.29. The van der Waals surface area contributed by atoms with Crippen molar-refractivity contribution in [3.05, 3.63) is 70.2 Å². The van der Waals surface area contributed by atoms with Crippen molar-refractivity contribution in [3.63, 3.8) is 0 Å². The fraction of sp³-hybridized carbons (Fsp3) is 0.235. The lowest BCUT2D eigenvalue weighted by Gasteiger charge is -2.17. The molecule has 0 saturated heterocycles. The first-order valence-electron chi connectivity index (χ1n) is 6.91. The lowest BCUT2D eigenvalue weighted by molar-refractivity contribution is -0.122. The van der Waals surface area contributed by atoms with E-state index in [2.05, 4.69) is 21.2 Å². The molecule has 110 valence electrons. The Labute approximate surface area is 133 Å². The van der Waals surface area contributed by atoms with Crippen LogP contribution in [0.3, 0.4) is 0 Å². The molecular formula is C17H19BrN2O. The van der Waals surface area contributed by atoms with Crippen molar-refractivity contribution in [2.45, 2.75) is 25.4 Å². The average Bonchev–Trinajstić information content (AvgIpc) is 2.48. The number of benzene rings is 2. The summed E-state index contributed by atoms with van der Waals surface area (Å²) in [6, 6.07) is 17.3. The number of rotatable bonds is 5. The molecule has 0 bridgehead atoms. The minimum Gasteiger partial charge on any atom is -0.350 e. The fourth-order valence-corrected chi connectivity index (χ4v) is 2.59. The van der Waals surface area contributed by atoms with Crippen LogP contribution < -0.4 is 11.1 Å². The van der Waals surface area contributed by atoms with Gasteiger partial charge in [-0.3, -0.25) is 4.79 Å². The summed E-state index contributed by atoms with van der Waals surface area (Å²) in [5, 5.41) is 2.98. The molecule has 0 heterocycles. The molecule has 3 N–H and O–H groups in total. The van der Waals surface area contributed by atoms with Crippen molar-refractivity contribution in [2.75, 3.05) is 0 Å². The van der Waals surface area contributed by atoms with Gasteiger partial charge in [-0.15, -0.1) is 0 Å². The molecule has 0 spiro atoms. The third-order valence-corrected chi connectivity index (χ3v) is 3.85. The van der Waals surface area contributed by atoms with Crippen LogP contribution in [-0.4, -0.2) is 5.91 Å². The van der Waals surface area contributed by atoms with E-state index in [9.17, 15) is 4.79 Å². The third kappa shape index (κ3) is 4.69. The van der Waals surface area contributed by atoms with E-state index < -0.39 is 0 Å². The normalized spacial score (nSPS) is 13.5. The van der Waals surface area contributed by atoms with Crippen molar-refractivity contribution >= 4 is 21.8 Å². The Kier molecular flexibility index (Phi) is 5.53. The molecule has 0 radical (unpaired) electrons. The number of nitrogens with one attached hydrogen (secondary N) is 1. The smallest absolute Gasteiger partial charge is 0.222 e. The van der Waals surface area contributed by atoms with Gasteiger partial charge in [-0.2, -0.15) is 0 Å². The van der Waals surface area contributed by atoms with Crippen LogP contribution in [0.4, 0.5) is 0 Å². The van der Waals surface area contributed by atoms with E-state index in [0.29, 0.717) is 0 Å². The van der Waals surface area contributed by atoms with Crippen LogP contribution in [0.15, 0.2) is 59.1 Å². The molecule has 1 unspecified atom stereocenters. The van der Waals surface area contributed by atoms with E-state index in [-0.39, 0.29) is 24.4 Å². The van der Waals surface area contributed by atoms with Gasteiger partial charge in [-0.1, -0.05) is 58.4 Å². The zero-order valence-corrected chi connectivity index (χ0v) is 13.5. The minimum atomic E-state index is -0.277. The summed E-state index contributed by atoms with van der Waals surface area (Å²) < 4.78 is 1.00. The Hall–Kier alpha value is -1.65. The van der Waals surface area contributed by atoms with Crippen LogP contribution in [-0.2, 0) is 4.79 Å². The number of nitrogens with two attached hydrogens (primary N) is 1. The molecule has 3 nitrogen and oxygen atoms in total. The van der Waals surface area contributed by atoms with Crippen LogP contribution >= 0.6 is 15.9 Å². The monoisotopic (exact) mass is 346 g/mol. The number of hydrogen-bond acceptors (Lipinski definition) is 2. The summed E-state index contributed by atoms with van der Waals surface area (Å²) in [4.78, 5) is 12.1. The van der Waals surface area contributed by atoms with Gasteiger partial charge in [0.2, 0.25) is 5.91 Å². The van der Waals surface area contributed by atoms with Gasteiger partial charge in [0.25, 0.3) is 0 Å². The molecule has 0 saturated carbocycles. The Balaban J connectivity index is 1.92. The molecule has 2 aromatic carbocycles. The van der Waals surface area contributed by atoms with E-state index in [1.165, 1.54) is 0 Å². The van der Waals surface area contributed by atoms with Gasteiger partial charge in [0.15, 0.2) is 0 Å². The molecule has 21 heavy (non-hydrogen) atoms. The van der Waals surface area contributed by atoms with Crippen molar-refractivity contribution in [1.29, 1.82) is 0 Å². The quantitative estimate of drug-likeness (QED) is 0.866.